The maximum absolute atomic E-state index is 5.75. The van der Waals surface area contributed by atoms with Gasteiger partial charge >= 0.3 is 0 Å². The monoisotopic (exact) mass is 214 g/mol. The number of ether oxygens (including phenoxy) is 1. The fourth-order valence-corrected chi connectivity index (χ4v) is 2.18. The molecule has 3 heteroatoms. The third-order valence-electron chi connectivity index (χ3n) is 3.29. The molecular weight excluding hydrogens is 188 g/mol. The second-order valence-electron chi connectivity index (χ2n) is 4.99. The van der Waals surface area contributed by atoms with Crippen LogP contribution in [0.25, 0.3) is 0 Å². The van der Waals surface area contributed by atoms with Crippen molar-refractivity contribution in [3.05, 3.63) is 0 Å². The van der Waals surface area contributed by atoms with Gasteiger partial charge in [-0.1, -0.05) is 13.3 Å². The van der Waals surface area contributed by atoms with E-state index in [4.69, 9.17) is 10.5 Å². The van der Waals surface area contributed by atoms with E-state index in [9.17, 15) is 0 Å². The Hall–Kier alpha value is -0.120. The number of hydrogen-bond donors (Lipinski definition) is 2. The summed E-state index contributed by atoms with van der Waals surface area (Å²) in [6.07, 6.45) is 4.83. The number of nitrogens with two attached hydrogens (primary N) is 1. The average Bonchev–Trinajstić information content (AvgIpc) is 2.25. The fourth-order valence-electron chi connectivity index (χ4n) is 2.18. The largest absolute Gasteiger partial charge is 0.380 e. The normalized spacial score (nSPS) is 29.0. The molecule has 0 saturated carbocycles. The van der Waals surface area contributed by atoms with Crippen LogP contribution in [0.5, 0.6) is 0 Å². The highest BCUT2D eigenvalue weighted by Crippen LogP contribution is 2.18. The second-order valence-corrected chi connectivity index (χ2v) is 4.99. The summed E-state index contributed by atoms with van der Waals surface area (Å²) in [6, 6.07) is 0. The summed E-state index contributed by atoms with van der Waals surface area (Å²) >= 11 is 0. The molecule has 0 radical (unpaired) electrons. The van der Waals surface area contributed by atoms with Crippen LogP contribution in [0.3, 0.4) is 0 Å². The molecule has 3 N–H and O–H groups in total. The topological polar surface area (TPSA) is 47.3 Å². The molecule has 0 aliphatic carbocycles. The minimum Gasteiger partial charge on any atom is -0.380 e. The molecule has 1 aliphatic heterocycles. The van der Waals surface area contributed by atoms with Crippen molar-refractivity contribution < 1.29 is 4.74 Å². The summed E-state index contributed by atoms with van der Waals surface area (Å²) in [6.45, 7) is 8.06. The van der Waals surface area contributed by atoms with Crippen LogP contribution in [-0.2, 0) is 4.74 Å². The van der Waals surface area contributed by atoms with Gasteiger partial charge in [0, 0.05) is 12.1 Å². The Kier molecular flexibility index (Phi) is 5.58. The minimum absolute atomic E-state index is 0.180. The summed E-state index contributed by atoms with van der Waals surface area (Å²) in [5.41, 5.74) is 5.93. The third kappa shape index (κ3) is 4.49. The summed E-state index contributed by atoms with van der Waals surface area (Å²) in [5.74, 6) is 0.619. The van der Waals surface area contributed by atoms with E-state index in [0.29, 0.717) is 5.92 Å². The highest BCUT2D eigenvalue weighted by molar-refractivity contribution is 4.86. The van der Waals surface area contributed by atoms with E-state index in [0.717, 1.165) is 26.3 Å². The van der Waals surface area contributed by atoms with E-state index >= 15 is 0 Å². The van der Waals surface area contributed by atoms with Crippen LogP contribution in [0.4, 0.5) is 0 Å². The van der Waals surface area contributed by atoms with Crippen molar-refractivity contribution in [2.45, 2.75) is 45.1 Å². The Balaban J connectivity index is 2.26. The first-order valence-corrected chi connectivity index (χ1v) is 6.23. The van der Waals surface area contributed by atoms with Crippen molar-refractivity contribution in [2.75, 3.05) is 26.3 Å². The van der Waals surface area contributed by atoms with Gasteiger partial charge in [0.1, 0.15) is 0 Å². The molecule has 0 aromatic rings. The lowest BCUT2D eigenvalue weighted by molar-refractivity contribution is 0.0268. The van der Waals surface area contributed by atoms with Gasteiger partial charge in [0.2, 0.25) is 0 Å². The molecule has 0 spiro atoms. The van der Waals surface area contributed by atoms with E-state index < -0.39 is 0 Å². The van der Waals surface area contributed by atoms with Crippen LogP contribution in [0, 0.1) is 5.92 Å². The van der Waals surface area contributed by atoms with Crippen LogP contribution < -0.4 is 11.1 Å². The zero-order valence-corrected chi connectivity index (χ0v) is 10.2. The fraction of sp³-hybridized carbons (Fsp3) is 1.00. The van der Waals surface area contributed by atoms with Gasteiger partial charge in [-0.15, -0.1) is 0 Å². The highest BCUT2D eigenvalue weighted by atomic mass is 16.5. The molecule has 2 atom stereocenters. The first-order chi connectivity index (χ1) is 7.20. The molecule has 2 unspecified atom stereocenters. The Labute approximate surface area is 93.8 Å². The maximum atomic E-state index is 5.75. The maximum Gasteiger partial charge on any atom is 0.0645 e. The van der Waals surface area contributed by atoms with Gasteiger partial charge in [-0.3, -0.25) is 0 Å². The minimum atomic E-state index is 0.180. The van der Waals surface area contributed by atoms with Gasteiger partial charge in [0.15, 0.2) is 0 Å². The van der Waals surface area contributed by atoms with Gasteiger partial charge < -0.3 is 15.8 Å². The molecule has 0 bridgehead atoms. The molecule has 0 amide bonds. The molecule has 1 fully saturated rings. The third-order valence-corrected chi connectivity index (χ3v) is 3.29. The SMILES string of the molecule is CCCC(CN)CNC1(C)CCCOC1. The Morgan fingerprint density at radius 2 is 2.33 bits per heavy atom. The van der Waals surface area contributed by atoms with Crippen molar-refractivity contribution in [1.82, 2.24) is 5.32 Å². The molecule has 1 heterocycles. The molecule has 0 aromatic carbocycles. The first-order valence-electron chi connectivity index (χ1n) is 6.23. The second kappa shape index (κ2) is 6.46. The first kappa shape index (κ1) is 12.9. The van der Waals surface area contributed by atoms with Crippen LogP contribution >= 0.6 is 0 Å². The number of rotatable bonds is 6. The predicted octanol–water partition coefficient (Wildman–Crippen LogP) is 1.52. The van der Waals surface area contributed by atoms with Crippen LogP contribution in [0.2, 0.25) is 0 Å². The number of hydrogen-bond acceptors (Lipinski definition) is 3. The smallest absolute Gasteiger partial charge is 0.0645 e. The zero-order chi connectivity index (χ0) is 11.1. The van der Waals surface area contributed by atoms with E-state index in [2.05, 4.69) is 19.2 Å². The Bertz CT molecular complexity index is 167. The van der Waals surface area contributed by atoms with Crippen LogP contribution in [-0.4, -0.2) is 31.8 Å². The van der Waals surface area contributed by atoms with Crippen LogP contribution in [0.1, 0.15) is 39.5 Å². The molecule has 1 rings (SSSR count). The van der Waals surface area contributed by atoms with Crippen molar-refractivity contribution >= 4 is 0 Å². The lowest BCUT2D eigenvalue weighted by Gasteiger charge is -2.35. The number of nitrogens with one attached hydrogen (secondary N) is 1. The van der Waals surface area contributed by atoms with Crippen LogP contribution in [0.15, 0.2) is 0 Å². The van der Waals surface area contributed by atoms with Gasteiger partial charge in [-0.05, 0) is 45.2 Å². The molecule has 0 aromatic heterocycles. The molecule has 1 saturated heterocycles. The van der Waals surface area contributed by atoms with Crippen molar-refractivity contribution in [3.63, 3.8) is 0 Å². The average molecular weight is 214 g/mol. The molecule has 90 valence electrons. The lowest BCUT2D eigenvalue weighted by atomic mass is 9.93. The van der Waals surface area contributed by atoms with Gasteiger partial charge in [0.05, 0.1) is 6.61 Å². The molecule has 3 nitrogen and oxygen atoms in total. The lowest BCUT2D eigenvalue weighted by Crippen LogP contribution is -2.51. The van der Waals surface area contributed by atoms with E-state index in [1.807, 2.05) is 0 Å². The zero-order valence-electron chi connectivity index (χ0n) is 10.2. The molecule has 15 heavy (non-hydrogen) atoms. The van der Waals surface area contributed by atoms with E-state index in [-0.39, 0.29) is 5.54 Å². The molecule has 1 aliphatic rings. The summed E-state index contributed by atoms with van der Waals surface area (Å²) in [5, 5.41) is 3.63. The van der Waals surface area contributed by atoms with Crippen molar-refractivity contribution in [2.24, 2.45) is 11.7 Å². The predicted molar refractivity (Wildman–Crippen MR) is 63.9 cm³/mol. The standard InChI is InChI=1S/C12H26N2O/c1-3-5-11(8-13)9-14-12(2)6-4-7-15-10-12/h11,14H,3-10,13H2,1-2H3. The summed E-state index contributed by atoms with van der Waals surface area (Å²) < 4.78 is 5.52. The quantitative estimate of drug-likeness (QED) is 0.705. The van der Waals surface area contributed by atoms with E-state index in [1.54, 1.807) is 0 Å². The van der Waals surface area contributed by atoms with Gasteiger partial charge in [-0.25, -0.2) is 0 Å². The molecular formula is C12H26N2O. The highest BCUT2D eigenvalue weighted by Gasteiger charge is 2.27. The Morgan fingerprint density at radius 3 is 2.87 bits per heavy atom. The van der Waals surface area contributed by atoms with Crippen molar-refractivity contribution in [1.29, 1.82) is 0 Å². The summed E-state index contributed by atoms with van der Waals surface area (Å²) in [4.78, 5) is 0. The van der Waals surface area contributed by atoms with Crippen molar-refractivity contribution in [3.8, 4) is 0 Å². The van der Waals surface area contributed by atoms with Gasteiger partial charge in [-0.2, -0.15) is 0 Å². The van der Waals surface area contributed by atoms with E-state index in [1.165, 1.54) is 25.7 Å². The van der Waals surface area contributed by atoms with Gasteiger partial charge in [0.25, 0.3) is 0 Å². The Morgan fingerprint density at radius 1 is 1.53 bits per heavy atom. The summed E-state index contributed by atoms with van der Waals surface area (Å²) in [7, 11) is 0.